The summed E-state index contributed by atoms with van der Waals surface area (Å²) in [6, 6.07) is 8.02. The molecule has 1 aliphatic carbocycles. The zero-order valence-corrected chi connectivity index (χ0v) is 12.7. The summed E-state index contributed by atoms with van der Waals surface area (Å²) >= 11 is 3.42. The summed E-state index contributed by atoms with van der Waals surface area (Å²) in [5.41, 5.74) is 0.673. The Kier molecular flexibility index (Phi) is 4.63. The second-order valence-electron chi connectivity index (χ2n) is 5.36. The zero-order valence-electron chi connectivity index (χ0n) is 11.2. The van der Waals surface area contributed by atoms with Crippen molar-refractivity contribution in [2.45, 2.75) is 44.1 Å². The zero-order chi connectivity index (χ0) is 13.9. The molecule has 0 aromatic heterocycles. The number of carbonyl (C=O) groups is 1. The number of carbonyl (C=O) groups excluding carboxylic acids is 1. The maximum Gasteiger partial charge on any atom is 0.230 e. The van der Waals surface area contributed by atoms with Crippen LogP contribution in [0.25, 0.3) is 0 Å². The van der Waals surface area contributed by atoms with Gasteiger partial charge < -0.3 is 10.4 Å². The van der Waals surface area contributed by atoms with Crippen LogP contribution in [0.1, 0.15) is 38.2 Å². The van der Waals surface area contributed by atoms with E-state index < -0.39 is 11.5 Å². The maximum atomic E-state index is 12.5. The molecule has 0 radical (unpaired) electrons. The Morgan fingerprint density at radius 3 is 2.47 bits per heavy atom. The highest BCUT2D eigenvalue weighted by atomic mass is 79.9. The topological polar surface area (TPSA) is 49.3 Å². The van der Waals surface area contributed by atoms with Crippen LogP contribution in [-0.4, -0.2) is 23.7 Å². The van der Waals surface area contributed by atoms with E-state index in [4.69, 9.17) is 0 Å². The van der Waals surface area contributed by atoms with Crippen molar-refractivity contribution in [2.24, 2.45) is 0 Å². The molecule has 3 nitrogen and oxygen atoms in total. The van der Waals surface area contributed by atoms with E-state index in [1.807, 2.05) is 24.3 Å². The fourth-order valence-electron chi connectivity index (χ4n) is 2.80. The Hall–Kier alpha value is -0.870. The Labute approximate surface area is 122 Å². The molecule has 19 heavy (non-hydrogen) atoms. The predicted molar refractivity (Wildman–Crippen MR) is 79.0 cm³/mol. The van der Waals surface area contributed by atoms with Crippen LogP contribution < -0.4 is 5.32 Å². The third kappa shape index (κ3) is 3.18. The lowest BCUT2D eigenvalue weighted by molar-refractivity contribution is -0.127. The van der Waals surface area contributed by atoms with Crippen LogP contribution in [0.4, 0.5) is 0 Å². The number of halogens is 1. The second-order valence-corrected chi connectivity index (χ2v) is 6.27. The molecule has 0 saturated heterocycles. The summed E-state index contributed by atoms with van der Waals surface area (Å²) in [5, 5.41) is 12.2. The largest absolute Gasteiger partial charge is 0.392 e. The van der Waals surface area contributed by atoms with Crippen molar-refractivity contribution in [3.63, 3.8) is 0 Å². The van der Waals surface area contributed by atoms with Gasteiger partial charge in [0.15, 0.2) is 0 Å². The average molecular weight is 326 g/mol. The van der Waals surface area contributed by atoms with Crippen molar-refractivity contribution in [1.29, 1.82) is 0 Å². The number of aliphatic hydroxyl groups is 1. The second kappa shape index (κ2) is 6.06. The lowest BCUT2D eigenvalue weighted by atomic mass is 9.78. The van der Waals surface area contributed by atoms with E-state index in [2.05, 4.69) is 21.2 Å². The third-order valence-corrected chi connectivity index (χ3v) is 4.38. The van der Waals surface area contributed by atoms with Crippen molar-refractivity contribution in [3.8, 4) is 0 Å². The minimum atomic E-state index is -0.507. The van der Waals surface area contributed by atoms with Gasteiger partial charge in [-0.25, -0.2) is 0 Å². The van der Waals surface area contributed by atoms with Crippen molar-refractivity contribution in [3.05, 3.63) is 34.3 Å². The van der Waals surface area contributed by atoms with Crippen LogP contribution in [0.2, 0.25) is 0 Å². The fourth-order valence-corrected chi connectivity index (χ4v) is 3.07. The molecule has 0 bridgehead atoms. The number of hydrogen-bond acceptors (Lipinski definition) is 2. The highest BCUT2D eigenvalue weighted by molar-refractivity contribution is 9.10. The Balaban J connectivity index is 2.22. The molecule has 1 fully saturated rings. The van der Waals surface area contributed by atoms with Gasteiger partial charge in [0, 0.05) is 11.0 Å². The molecule has 1 saturated carbocycles. The van der Waals surface area contributed by atoms with Crippen molar-refractivity contribution in [1.82, 2.24) is 5.32 Å². The Bertz CT molecular complexity index is 436. The first-order valence-electron chi connectivity index (χ1n) is 6.77. The highest BCUT2D eigenvalue weighted by Gasteiger charge is 2.42. The molecule has 104 valence electrons. The Morgan fingerprint density at radius 2 is 1.95 bits per heavy atom. The number of hydrogen-bond donors (Lipinski definition) is 2. The van der Waals surface area contributed by atoms with Crippen molar-refractivity contribution < 1.29 is 9.90 Å². The lowest BCUT2D eigenvalue weighted by Crippen LogP contribution is -2.44. The minimum absolute atomic E-state index is 0.0493. The molecule has 0 heterocycles. The third-order valence-electron chi connectivity index (χ3n) is 3.85. The van der Waals surface area contributed by atoms with Gasteiger partial charge in [-0.2, -0.15) is 0 Å². The van der Waals surface area contributed by atoms with E-state index in [1.54, 1.807) is 6.92 Å². The van der Waals surface area contributed by atoms with Crippen LogP contribution in [0.3, 0.4) is 0 Å². The molecule has 1 unspecified atom stereocenters. The average Bonchev–Trinajstić information content (AvgIpc) is 2.87. The van der Waals surface area contributed by atoms with Gasteiger partial charge in [-0.1, -0.05) is 40.9 Å². The van der Waals surface area contributed by atoms with Crippen molar-refractivity contribution in [2.75, 3.05) is 6.54 Å². The van der Waals surface area contributed by atoms with E-state index in [0.29, 0.717) is 6.54 Å². The molecule has 1 aromatic carbocycles. The van der Waals surface area contributed by atoms with Gasteiger partial charge in [-0.05, 0) is 37.5 Å². The van der Waals surface area contributed by atoms with Crippen LogP contribution in [0.5, 0.6) is 0 Å². The standard InChI is InChI=1S/C15H20BrNO2/c1-11(18)10-17-14(19)15(8-2-3-9-15)12-4-6-13(16)7-5-12/h4-7,11,18H,2-3,8-10H2,1H3,(H,17,19). The molecule has 0 spiro atoms. The molecule has 0 aliphatic heterocycles. The van der Waals surface area contributed by atoms with Crippen LogP contribution in [-0.2, 0) is 10.2 Å². The molecule has 2 N–H and O–H groups in total. The van der Waals surface area contributed by atoms with Crippen molar-refractivity contribution >= 4 is 21.8 Å². The first-order valence-corrected chi connectivity index (χ1v) is 7.56. The normalized spacial score (nSPS) is 19.1. The number of aliphatic hydroxyl groups excluding tert-OH is 1. The fraction of sp³-hybridized carbons (Fsp3) is 0.533. The van der Waals surface area contributed by atoms with Gasteiger partial charge in [0.25, 0.3) is 0 Å². The van der Waals surface area contributed by atoms with Gasteiger partial charge in [-0.3, -0.25) is 4.79 Å². The highest BCUT2D eigenvalue weighted by Crippen LogP contribution is 2.41. The van der Waals surface area contributed by atoms with Gasteiger partial charge in [0.2, 0.25) is 5.91 Å². The van der Waals surface area contributed by atoms with E-state index >= 15 is 0 Å². The molecular formula is C15H20BrNO2. The molecule has 2 rings (SSSR count). The number of rotatable bonds is 4. The molecular weight excluding hydrogens is 306 g/mol. The van der Waals surface area contributed by atoms with Gasteiger partial charge in [0.05, 0.1) is 11.5 Å². The smallest absolute Gasteiger partial charge is 0.230 e. The molecule has 1 amide bonds. The first-order chi connectivity index (χ1) is 9.04. The monoisotopic (exact) mass is 325 g/mol. The Morgan fingerprint density at radius 1 is 1.37 bits per heavy atom. The van der Waals surface area contributed by atoms with Gasteiger partial charge in [0.1, 0.15) is 0 Å². The van der Waals surface area contributed by atoms with Gasteiger partial charge >= 0.3 is 0 Å². The van der Waals surface area contributed by atoms with Crippen LogP contribution in [0.15, 0.2) is 28.7 Å². The predicted octanol–water partition coefficient (Wildman–Crippen LogP) is 2.76. The van der Waals surface area contributed by atoms with Gasteiger partial charge in [-0.15, -0.1) is 0 Å². The molecule has 4 heteroatoms. The van der Waals surface area contributed by atoms with E-state index in [-0.39, 0.29) is 5.91 Å². The molecule has 1 aromatic rings. The summed E-state index contributed by atoms with van der Waals surface area (Å²) in [6.07, 6.45) is 3.43. The summed E-state index contributed by atoms with van der Waals surface area (Å²) in [7, 11) is 0. The SMILES string of the molecule is CC(O)CNC(=O)C1(c2ccc(Br)cc2)CCCC1. The summed E-state index contributed by atoms with van der Waals surface area (Å²) in [4.78, 5) is 12.5. The summed E-state index contributed by atoms with van der Waals surface area (Å²) in [6.45, 7) is 2.00. The van der Waals surface area contributed by atoms with Crippen LogP contribution >= 0.6 is 15.9 Å². The quantitative estimate of drug-likeness (QED) is 0.894. The number of benzene rings is 1. The molecule has 1 atom stereocenters. The van der Waals surface area contributed by atoms with E-state index in [9.17, 15) is 9.90 Å². The molecule has 1 aliphatic rings. The number of nitrogens with one attached hydrogen (secondary N) is 1. The minimum Gasteiger partial charge on any atom is -0.392 e. The lowest BCUT2D eigenvalue weighted by Gasteiger charge is -2.28. The maximum absolute atomic E-state index is 12.5. The number of amides is 1. The van der Waals surface area contributed by atoms with E-state index in [0.717, 1.165) is 35.7 Å². The van der Waals surface area contributed by atoms with Crippen LogP contribution in [0, 0.1) is 0 Å². The summed E-state index contributed by atoms with van der Waals surface area (Å²) in [5.74, 6) is 0.0493. The first kappa shape index (κ1) is 14.5. The van der Waals surface area contributed by atoms with E-state index in [1.165, 1.54) is 0 Å². The summed E-state index contributed by atoms with van der Waals surface area (Å²) < 4.78 is 1.02.